The SMILES string of the molecule is Cc1ccc2nc(SCc3ccncc3)[nH]c2c1. The molecule has 18 heavy (non-hydrogen) atoms. The highest BCUT2D eigenvalue weighted by Gasteiger charge is 2.03. The second-order valence-electron chi connectivity index (χ2n) is 4.21. The number of benzene rings is 1. The molecule has 0 aliphatic rings. The maximum absolute atomic E-state index is 4.56. The lowest BCUT2D eigenvalue weighted by atomic mass is 10.2. The van der Waals surface area contributed by atoms with E-state index in [2.05, 4.69) is 40.1 Å². The van der Waals surface area contributed by atoms with E-state index in [9.17, 15) is 0 Å². The van der Waals surface area contributed by atoms with Crippen LogP contribution in [0, 0.1) is 6.92 Å². The summed E-state index contributed by atoms with van der Waals surface area (Å²) in [4.78, 5) is 11.9. The molecule has 0 radical (unpaired) electrons. The van der Waals surface area contributed by atoms with Crippen molar-refractivity contribution in [2.75, 3.05) is 0 Å². The summed E-state index contributed by atoms with van der Waals surface area (Å²) in [5.74, 6) is 0.904. The van der Waals surface area contributed by atoms with E-state index >= 15 is 0 Å². The van der Waals surface area contributed by atoms with Gasteiger partial charge in [-0.2, -0.15) is 0 Å². The number of nitrogens with zero attached hydrogens (tertiary/aromatic N) is 2. The first-order chi connectivity index (χ1) is 8.81. The molecule has 3 nitrogen and oxygen atoms in total. The van der Waals surface area contributed by atoms with Crippen molar-refractivity contribution in [3.05, 3.63) is 53.9 Å². The summed E-state index contributed by atoms with van der Waals surface area (Å²) in [6.07, 6.45) is 3.63. The molecule has 0 aliphatic carbocycles. The minimum atomic E-state index is 0.904. The van der Waals surface area contributed by atoms with E-state index in [0.29, 0.717) is 0 Å². The third kappa shape index (κ3) is 2.38. The van der Waals surface area contributed by atoms with Gasteiger partial charge in [-0.05, 0) is 42.3 Å². The van der Waals surface area contributed by atoms with Crippen LogP contribution in [0.25, 0.3) is 11.0 Å². The lowest BCUT2D eigenvalue weighted by Gasteiger charge is -1.97. The van der Waals surface area contributed by atoms with Gasteiger partial charge < -0.3 is 4.98 Å². The van der Waals surface area contributed by atoms with Crippen molar-refractivity contribution >= 4 is 22.8 Å². The number of aryl methyl sites for hydroxylation is 1. The third-order valence-electron chi connectivity index (χ3n) is 2.74. The monoisotopic (exact) mass is 255 g/mol. The number of aromatic amines is 1. The summed E-state index contributed by atoms with van der Waals surface area (Å²) in [5.41, 5.74) is 4.63. The molecule has 3 rings (SSSR count). The molecule has 0 saturated carbocycles. The second kappa shape index (κ2) is 4.82. The Morgan fingerprint density at radius 3 is 2.83 bits per heavy atom. The summed E-state index contributed by atoms with van der Waals surface area (Å²) < 4.78 is 0. The van der Waals surface area contributed by atoms with Gasteiger partial charge in [0.15, 0.2) is 5.16 Å². The molecule has 0 fully saturated rings. The molecule has 0 spiro atoms. The molecule has 0 amide bonds. The number of aromatic nitrogens is 3. The van der Waals surface area contributed by atoms with Crippen LogP contribution in [0.2, 0.25) is 0 Å². The van der Waals surface area contributed by atoms with Crippen molar-refractivity contribution in [1.82, 2.24) is 15.0 Å². The van der Waals surface area contributed by atoms with Crippen LogP contribution in [0.15, 0.2) is 47.9 Å². The average Bonchev–Trinajstić information content (AvgIpc) is 2.79. The minimum absolute atomic E-state index is 0.904. The highest BCUT2D eigenvalue weighted by atomic mass is 32.2. The Labute approximate surface area is 110 Å². The summed E-state index contributed by atoms with van der Waals surface area (Å²) in [6, 6.07) is 10.3. The molecule has 1 aromatic carbocycles. The van der Waals surface area contributed by atoms with E-state index in [0.717, 1.165) is 21.9 Å². The zero-order chi connectivity index (χ0) is 12.4. The number of rotatable bonds is 3. The maximum atomic E-state index is 4.56. The van der Waals surface area contributed by atoms with E-state index in [4.69, 9.17) is 0 Å². The van der Waals surface area contributed by atoms with Crippen molar-refractivity contribution in [2.45, 2.75) is 17.8 Å². The number of H-pyrrole nitrogens is 1. The lowest BCUT2D eigenvalue weighted by Crippen LogP contribution is -1.81. The largest absolute Gasteiger partial charge is 0.333 e. The molecule has 0 unspecified atom stereocenters. The van der Waals surface area contributed by atoms with Crippen molar-refractivity contribution in [3.63, 3.8) is 0 Å². The van der Waals surface area contributed by atoms with Crippen LogP contribution in [0.5, 0.6) is 0 Å². The van der Waals surface area contributed by atoms with Gasteiger partial charge in [-0.15, -0.1) is 0 Å². The molecule has 2 heterocycles. The van der Waals surface area contributed by atoms with Crippen molar-refractivity contribution < 1.29 is 0 Å². The van der Waals surface area contributed by atoms with Gasteiger partial charge in [0, 0.05) is 18.1 Å². The number of hydrogen-bond acceptors (Lipinski definition) is 3. The van der Waals surface area contributed by atoms with Crippen LogP contribution >= 0.6 is 11.8 Å². The minimum Gasteiger partial charge on any atom is -0.333 e. The normalized spacial score (nSPS) is 10.9. The van der Waals surface area contributed by atoms with E-state index < -0.39 is 0 Å². The van der Waals surface area contributed by atoms with Gasteiger partial charge in [-0.1, -0.05) is 17.8 Å². The first-order valence-corrected chi connectivity index (χ1v) is 6.78. The van der Waals surface area contributed by atoms with E-state index in [1.807, 2.05) is 24.5 Å². The van der Waals surface area contributed by atoms with Gasteiger partial charge in [-0.25, -0.2) is 4.98 Å². The van der Waals surface area contributed by atoms with Gasteiger partial charge >= 0.3 is 0 Å². The predicted octanol–water partition coefficient (Wildman–Crippen LogP) is 3.56. The zero-order valence-corrected chi connectivity index (χ0v) is 10.9. The summed E-state index contributed by atoms with van der Waals surface area (Å²) in [7, 11) is 0. The molecule has 0 aliphatic heterocycles. The van der Waals surface area contributed by atoms with Gasteiger partial charge in [0.1, 0.15) is 0 Å². The number of imidazole rings is 1. The quantitative estimate of drug-likeness (QED) is 0.728. The smallest absolute Gasteiger partial charge is 0.166 e. The fourth-order valence-electron chi connectivity index (χ4n) is 1.80. The summed E-state index contributed by atoms with van der Waals surface area (Å²) >= 11 is 1.71. The molecule has 1 N–H and O–H groups in total. The molecular weight excluding hydrogens is 242 g/mol. The zero-order valence-electron chi connectivity index (χ0n) is 10.1. The van der Waals surface area contributed by atoms with Gasteiger partial charge in [0.05, 0.1) is 11.0 Å². The topological polar surface area (TPSA) is 41.6 Å². The molecule has 0 bridgehead atoms. The lowest BCUT2D eigenvalue weighted by molar-refractivity contribution is 1.08. The van der Waals surface area contributed by atoms with E-state index in [1.165, 1.54) is 11.1 Å². The Kier molecular flexibility index (Phi) is 3.02. The number of hydrogen-bond donors (Lipinski definition) is 1. The number of thioether (sulfide) groups is 1. The predicted molar refractivity (Wildman–Crippen MR) is 74.6 cm³/mol. The van der Waals surface area contributed by atoms with Crippen LogP contribution in [0.3, 0.4) is 0 Å². The molecule has 0 saturated heterocycles. The van der Waals surface area contributed by atoms with Gasteiger partial charge in [0.25, 0.3) is 0 Å². The molecule has 0 atom stereocenters. The summed E-state index contributed by atoms with van der Waals surface area (Å²) in [6.45, 7) is 2.09. The van der Waals surface area contributed by atoms with Gasteiger partial charge in [-0.3, -0.25) is 4.98 Å². The standard InChI is InChI=1S/C14H13N3S/c1-10-2-3-12-13(8-10)17-14(16-12)18-9-11-4-6-15-7-5-11/h2-8H,9H2,1H3,(H,16,17). The molecule has 90 valence electrons. The van der Waals surface area contributed by atoms with E-state index in [-0.39, 0.29) is 0 Å². The van der Waals surface area contributed by atoms with Crippen molar-refractivity contribution in [2.24, 2.45) is 0 Å². The second-order valence-corrected chi connectivity index (χ2v) is 5.17. The Balaban J connectivity index is 1.79. The van der Waals surface area contributed by atoms with Crippen LogP contribution in [0.1, 0.15) is 11.1 Å². The molecule has 2 aromatic heterocycles. The highest BCUT2D eigenvalue weighted by molar-refractivity contribution is 7.98. The third-order valence-corrected chi connectivity index (χ3v) is 3.69. The Morgan fingerprint density at radius 2 is 2.00 bits per heavy atom. The first kappa shape index (κ1) is 11.3. The van der Waals surface area contributed by atoms with Crippen LogP contribution in [-0.2, 0) is 5.75 Å². The first-order valence-electron chi connectivity index (χ1n) is 5.79. The van der Waals surface area contributed by atoms with Crippen LogP contribution < -0.4 is 0 Å². The van der Waals surface area contributed by atoms with Crippen molar-refractivity contribution in [1.29, 1.82) is 0 Å². The fourth-order valence-corrected chi connectivity index (χ4v) is 2.64. The highest BCUT2D eigenvalue weighted by Crippen LogP contribution is 2.23. The molecule has 3 aromatic rings. The van der Waals surface area contributed by atoms with E-state index in [1.54, 1.807) is 11.8 Å². The average molecular weight is 255 g/mol. The fraction of sp³-hybridized carbons (Fsp3) is 0.143. The Bertz CT molecular complexity index is 661. The van der Waals surface area contributed by atoms with Crippen molar-refractivity contribution in [3.8, 4) is 0 Å². The molecular formula is C14H13N3S. The maximum Gasteiger partial charge on any atom is 0.166 e. The number of fused-ring (bicyclic) bond motifs is 1. The van der Waals surface area contributed by atoms with Gasteiger partial charge in [0.2, 0.25) is 0 Å². The molecule has 4 heteroatoms. The Morgan fingerprint density at radius 1 is 1.17 bits per heavy atom. The number of nitrogens with one attached hydrogen (secondary N) is 1. The Hall–Kier alpha value is -1.81. The van der Waals surface area contributed by atoms with Crippen LogP contribution in [-0.4, -0.2) is 15.0 Å². The summed E-state index contributed by atoms with van der Waals surface area (Å²) in [5, 5.41) is 0.965. The van der Waals surface area contributed by atoms with Crippen LogP contribution in [0.4, 0.5) is 0 Å². The number of pyridine rings is 1.